The van der Waals surface area contributed by atoms with Crippen LogP contribution in [0.3, 0.4) is 0 Å². The van der Waals surface area contributed by atoms with Crippen LogP contribution in [-0.2, 0) is 0 Å². The zero-order valence-electron chi connectivity index (χ0n) is 14.9. The van der Waals surface area contributed by atoms with Crippen molar-refractivity contribution in [1.82, 2.24) is 15.2 Å². The van der Waals surface area contributed by atoms with Crippen LogP contribution in [0.1, 0.15) is 64.5 Å². The number of benzene rings is 1. The normalized spacial score (nSPS) is 11.3. The lowest BCUT2D eigenvalue weighted by Crippen LogP contribution is -2.14. The van der Waals surface area contributed by atoms with Gasteiger partial charge >= 0.3 is 0 Å². The van der Waals surface area contributed by atoms with Crippen LogP contribution in [0, 0.1) is 0 Å². The number of rotatable bonds is 6. The van der Waals surface area contributed by atoms with Crippen LogP contribution in [0.25, 0.3) is 0 Å². The Hall–Kier alpha value is -2.17. The fourth-order valence-corrected chi connectivity index (χ4v) is 2.51. The molecule has 0 radical (unpaired) electrons. The summed E-state index contributed by atoms with van der Waals surface area (Å²) in [4.78, 5) is 4.51. The summed E-state index contributed by atoms with van der Waals surface area (Å²) < 4.78 is 0. The van der Waals surface area contributed by atoms with Crippen molar-refractivity contribution in [3.8, 4) is 0 Å². The van der Waals surface area contributed by atoms with Crippen LogP contribution in [-0.4, -0.2) is 21.2 Å². The first-order valence-electron chi connectivity index (χ1n) is 8.24. The Bertz CT molecular complexity index is 623. The number of nitrogens with one attached hydrogen (secondary N) is 2. The number of hydrogen-bond donors (Lipinski definition) is 2. The zero-order chi connectivity index (χ0) is 17.0. The van der Waals surface area contributed by atoms with E-state index in [1.54, 1.807) is 6.20 Å². The second-order valence-electron chi connectivity index (χ2n) is 6.71. The molecule has 0 aliphatic heterocycles. The van der Waals surface area contributed by atoms with Gasteiger partial charge in [0, 0.05) is 11.7 Å². The topological polar surface area (TPSA) is 62.7 Å². The van der Waals surface area contributed by atoms with E-state index < -0.39 is 0 Å². The van der Waals surface area contributed by atoms with E-state index in [1.807, 2.05) is 13.8 Å². The second kappa shape index (κ2) is 7.40. The van der Waals surface area contributed by atoms with Crippen molar-refractivity contribution in [3.63, 3.8) is 0 Å². The van der Waals surface area contributed by atoms with Crippen molar-refractivity contribution in [1.29, 1.82) is 0 Å². The van der Waals surface area contributed by atoms with Crippen molar-refractivity contribution in [2.24, 2.45) is 0 Å². The molecule has 2 aromatic rings. The van der Waals surface area contributed by atoms with Gasteiger partial charge in [0.1, 0.15) is 0 Å². The van der Waals surface area contributed by atoms with Gasteiger partial charge in [0.15, 0.2) is 5.82 Å². The highest BCUT2D eigenvalue weighted by Crippen LogP contribution is 2.34. The SMILES string of the molecule is CC(C)Nc1nncc(Nc2c(C(C)C)cccc2C(C)C)n1. The van der Waals surface area contributed by atoms with Gasteiger partial charge in [0.2, 0.25) is 5.95 Å². The van der Waals surface area contributed by atoms with Gasteiger partial charge in [-0.25, -0.2) is 0 Å². The third-order valence-corrected chi connectivity index (χ3v) is 3.60. The number of aromatic nitrogens is 3. The summed E-state index contributed by atoms with van der Waals surface area (Å²) in [5.41, 5.74) is 3.70. The van der Waals surface area contributed by atoms with Gasteiger partial charge in [0.25, 0.3) is 0 Å². The minimum absolute atomic E-state index is 0.265. The third kappa shape index (κ3) is 4.41. The zero-order valence-corrected chi connectivity index (χ0v) is 14.9. The van der Waals surface area contributed by atoms with E-state index in [-0.39, 0.29) is 6.04 Å². The van der Waals surface area contributed by atoms with Gasteiger partial charge < -0.3 is 10.6 Å². The number of hydrogen-bond acceptors (Lipinski definition) is 5. The van der Waals surface area contributed by atoms with E-state index in [0.717, 1.165) is 5.69 Å². The maximum atomic E-state index is 4.51. The smallest absolute Gasteiger partial charge is 0.244 e. The molecule has 0 spiro atoms. The Morgan fingerprint density at radius 3 is 2.04 bits per heavy atom. The second-order valence-corrected chi connectivity index (χ2v) is 6.71. The molecule has 0 fully saturated rings. The first-order chi connectivity index (χ1) is 10.9. The molecule has 0 saturated carbocycles. The fourth-order valence-electron chi connectivity index (χ4n) is 2.51. The monoisotopic (exact) mass is 313 g/mol. The minimum atomic E-state index is 0.265. The summed E-state index contributed by atoms with van der Waals surface area (Å²) in [7, 11) is 0. The molecule has 2 rings (SSSR count). The van der Waals surface area contributed by atoms with Crippen LogP contribution in [0.4, 0.5) is 17.5 Å². The molecule has 1 heterocycles. The number of nitrogens with zero attached hydrogens (tertiary/aromatic N) is 3. The third-order valence-electron chi connectivity index (χ3n) is 3.60. The van der Waals surface area contributed by atoms with Gasteiger partial charge in [-0.05, 0) is 36.8 Å². The van der Waals surface area contributed by atoms with Crippen LogP contribution < -0.4 is 10.6 Å². The molecule has 0 amide bonds. The van der Waals surface area contributed by atoms with Crippen molar-refractivity contribution >= 4 is 17.5 Å². The molecule has 1 aromatic heterocycles. The van der Waals surface area contributed by atoms with E-state index in [0.29, 0.717) is 23.6 Å². The quantitative estimate of drug-likeness (QED) is 0.810. The lowest BCUT2D eigenvalue weighted by atomic mass is 9.92. The molecule has 1 aromatic carbocycles. The summed E-state index contributed by atoms with van der Waals surface area (Å²) in [6.45, 7) is 12.9. The van der Waals surface area contributed by atoms with Crippen molar-refractivity contribution in [2.45, 2.75) is 59.4 Å². The van der Waals surface area contributed by atoms with E-state index in [1.165, 1.54) is 11.1 Å². The highest BCUT2D eigenvalue weighted by atomic mass is 15.3. The largest absolute Gasteiger partial charge is 0.351 e. The molecule has 0 unspecified atom stereocenters. The van der Waals surface area contributed by atoms with Crippen LogP contribution in [0.5, 0.6) is 0 Å². The Morgan fingerprint density at radius 1 is 0.913 bits per heavy atom. The van der Waals surface area contributed by atoms with Crippen LogP contribution >= 0.6 is 0 Å². The van der Waals surface area contributed by atoms with E-state index in [2.05, 4.69) is 71.7 Å². The summed E-state index contributed by atoms with van der Waals surface area (Å²) >= 11 is 0. The summed E-state index contributed by atoms with van der Waals surface area (Å²) in [6, 6.07) is 6.72. The molecule has 2 N–H and O–H groups in total. The molecule has 124 valence electrons. The summed E-state index contributed by atoms with van der Waals surface area (Å²) in [5.74, 6) is 2.11. The van der Waals surface area contributed by atoms with Gasteiger partial charge in [-0.3, -0.25) is 0 Å². The Balaban J connectivity index is 2.39. The van der Waals surface area contributed by atoms with Gasteiger partial charge in [-0.15, -0.1) is 5.10 Å². The molecular weight excluding hydrogens is 286 g/mol. The Morgan fingerprint density at radius 2 is 1.52 bits per heavy atom. The fraction of sp³-hybridized carbons (Fsp3) is 0.500. The molecular formula is C18H27N5. The molecule has 5 heteroatoms. The van der Waals surface area contributed by atoms with Gasteiger partial charge in [-0.1, -0.05) is 45.9 Å². The van der Waals surface area contributed by atoms with Gasteiger partial charge in [-0.2, -0.15) is 10.1 Å². The average molecular weight is 313 g/mol. The van der Waals surface area contributed by atoms with E-state index in [4.69, 9.17) is 0 Å². The standard InChI is InChI=1S/C18H27N5/c1-11(2)14-8-7-9-15(12(3)4)17(14)21-16-10-19-23-18(22-16)20-13(5)6/h7-13H,1-6H3,(H2,20,21,22,23). The lowest BCUT2D eigenvalue weighted by Gasteiger charge is -2.20. The van der Waals surface area contributed by atoms with Crippen LogP contribution in [0.15, 0.2) is 24.4 Å². The number of para-hydroxylation sites is 1. The first-order valence-corrected chi connectivity index (χ1v) is 8.24. The van der Waals surface area contributed by atoms with Gasteiger partial charge in [0.05, 0.1) is 6.20 Å². The number of anilines is 3. The summed E-state index contributed by atoms with van der Waals surface area (Å²) in [5, 5.41) is 14.7. The van der Waals surface area contributed by atoms with Crippen molar-refractivity contribution in [2.75, 3.05) is 10.6 Å². The average Bonchev–Trinajstić information content (AvgIpc) is 2.46. The maximum Gasteiger partial charge on any atom is 0.244 e. The van der Waals surface area contributed by atoms with Crippen LogP contribution in [0.2, 0.25) is 0 Å². The highest BCUT2D eigenvalue weighted by molar-refractivity contribution is 5.66. The molecule has 0 saturated heterocycles. The van der Waals surface area contributed by atoms with E-state index in [9.17, 15) is 0 Å². The minimum Gasteiger partial charge on any atom is -0.351 e. The highest BCUT2D eigenvalue weighted by Gasteiger charge is 2.14. The first kappa shape index (κ1) is 17.2. The predicted octanol–water partition coefficient (Wildman–Crippen LogP) is 4.68. The molecule has 0 atom stereocenters. The van der Waals surface area contributed by atoms with Crippen molar-refractivity contribution in [3.05, 3.63) is 35.5 Å². The summed E-state index contributed by atoms with van der Waals surface area (Å²) in [6.07, 6.45) is 1.66. The van der Waals surface area contributed by atoms with E-state index >= 15 is 0 Å². The molecule has 0 aliphatic carbocycles. The lowest BCUT2D eigenvalue weighted by molar-refractivity contribution is 0.835. The molecule has 0 bridgehead atoms. The predicted molar refractivity (Wildman–Crippen MR) is 96.5 cm³/mol. The Labute approximate surface area is 139 Å². The molecule has 0 aliphatic rings. The maximum absolute atomic E-state index is 4.51. The Kier molecular flexibility index (Phi) is 5.53. The van der Waals surface area contributed by atoms with Crippen molar-refractivity contribution < 1.29 is 0 Å². The molecule has 5 nitrogen and oxygen atoms in total. The molecule has 23 heavy (non-hydrogen) atoms.